The maximum absolute atomic E-state index is 10.9. The second-order valence-corrected chi connectivity index (χ2v) is 4.52. The van der Waals surface area contributed by atoms with Gasteiger partial charge in [0.05, 0.1) is 0 Å². The molecule has 0 saturated heterocycles. The van der Waals surface area contributed by atoms with Crippen LogP contribution in [0.2, 0.25) is 0 Å². The molecule has 0 radical (unpaired) electrons. The summed E-state index contributed by atoms with van der Waals surface area (Å²) in [7, 11) is 0. The van der Waals surface area contributed by atoms with E-state index in [4.69, 9.17) is 5.73 Å². The fourth-order valence-electron chi connectivity index (χ4n) is 1.72. The molecule has 0 atom stereocenters. The number of amides is 2. The van der Waals surface area contributed by atoms with Gasteiger partial charge in [0.25, 0.3) is 0 Å². The van der Waals surface area contributed by atoms with E-state index in [0.29, 0.717) is 19.0 Å². The third-order valence-corrected chi connectivity index (χ3v) is 2.74. The zero-order chi connectivity index (χ0) is 14.8. The Hall–Kier alpha value is -2.11. The summed E-state index contributed by atoms with van der Waals surface area (Å²) in [6.45, 7) is 5.44. The van der Waals surface area contributed by atoms with Crippen LogP contribution in [0.5, 0.6) is 0 Å². The van der Waals surface area contributed by atoms with Crippen molar-refractivity contribution in [3.63, 3.8) is 0 Å². The number of aryl methyl sites for hydroxylation is 2. The highest BCUT2D eigenvalue weighted by atomic mass is 16.2. The molecule has 6 heteroatoms. The number of pyridine rings is 1. The van der Waals surface area contributed by atoms with Gasteiger partial charge in [0.2, 0.25) is 0 Å². The van der Waals surface area contributed by atoms with Crippen molar-refractivity contribution in [2.45, 2.75) is 33.1 Å². The van der Waals surface area contributed by atoms with Crippen LogP contribution in [0, 0.1) is 6.92 Å². The molecule has 0 spiro atoms. The number of aromatic nitrogens is 1. The predicted octanol–water partition coefficient (Wildman–Crippen LogP) is 1.35. The van der Waals surface area contributed by atoms with Crippen LogP contribution in [0.25, 0.3) is 0 Å². The summed E-state index contributed by atoms with van der Waals surface area (Å²) in [6.07, 6.45) is 4.51. The number of nitrogens with one attached hydrogen (secondary N) is 2. The van der Waals surface area contributed by atoms with Crippen molar-refractivity contribution in [3.05, 3.63) is 29.6 Å². The maximum atomic E-state index is 10.9. The number of hydrogen-bond donors (Lipinski definition) is 3. The van der Waals surface area contributed by atoms with Gasteiger partial charge in [-0.15, -0.1) is 0 Å². The number of guanidine groups is 1. The van der Waals surface area contributed by atoms with Crippen molar-refractivity contribution in [3.8, 4) is 0 Å². The molecular weight excluding hydrogens is 254 g/mol. The fraction of sp³-hybridized carbons (Fsp3) is 0.500. The second kappa shape index (κ2) is 8.90. The van der Waals surface area contributed by atoms with Gasteiger partial charge >= 0.3 is 6.03 Å². The van der Waals surface area contributed by atoms with Crippen molar-refractivity contribution in [2.24, 2.45) is 10.7 Å². The molecule has 1 aromatic rings. The molecule has 20 heavy (non-hydrogen) atoms. The standard InChI is InChI=1S/C14H23N5O/c1-3-8-17-14(19-13(15)20)18-10-5-7-12-11(2)6-4-9-16-12/h4,6,9H,3,5,7-8,10H2,1-2H3,(H4,15,17,18,19,20). The van der Waals surface area contributed by atoms with Gasteiger partial charge in [0, 0.05) is 25.0 Å². The molecule has 0 fully saturated rings. The molecule has 110 valence electrons. The lowest BCUT2D eigenvalue weighted by molar-refractivity contribution is 0.253. The maximum Gasteiger partial charge on any atom is 0.318 e. The average Bonchev–Trinajstić information content (AvgIpc) is 2.41. The largest absolute Gasteiger partial charge is 0.356 e. The Kier molecular flexibility index (Phi) is 7.10. The van der Waals surface area contributed by atoms with Crippen LogP contribution in [0.15, 0.2) is 23.3 Å². The third-order valence-electron chi connectivity index (χ3n) is 2.74. The monoisotopic (exact) mass is 277 g/mol. The third kappa shape index (κ3) is 6.17. The first-order valence-corrected chi connectivity index (χ1v) is 6.88. The first-order valence-electron chi connectivity index (χ1n) is 6.88. The van der Waals surface area contributed by atoms with Crippen LogP contribution >= 0.6 is 0 Å². The number of hydrogen-bond acceptors (Lipinski definition) is 3. The van der Waals surface area contributed by atoms with E-state index in [2.05, 4.69) is 33.6 Å². The van der Waals surface area contributed by atoms with Crippen LogP contribution in [0.4, 0.5) is 4.79 Å². The Balaban J connectivity index is 2.37. The highest BCUT2D eigenvalue weighted by Crippen LogP contribution is 2.05. The average molecular weight is 277 g/mol. The normalized spacial score (nSPS) is 11.2. The van der Waals surface area contributed by atoms with E-state index >= 15 is 0 Å². The molecular formula is C14H23N5O. The number of urea groups is 1. The van der Waals surface area contributed by atoms with Gasteiger partial charge < -0.3 is 11.1 Å². The van der Waals surface area contributed by atoms with Crippen LogP contribution in [-0.2, 0) is 6.42 Å². The van der Waals surface area contributed by atoms with Gasteiger partial charge in [0.15, 0.2) is 5.96 Å². The topological polar surface area (TPSA) is 92.4 Å². The van der Waals surface area contributed by atoms with Crippen LogP contribution in [0.3, 0.4) is 0 Å². The van der Waals surface area contributed by atoms with E-state index in [0.717, 1.165) is 25.0 Å². The fourth-order valence-corrected chi connectivity index (χ4v) is 1.72. The Morgan fingerprint density at radius 3 is 2.95 bits per heavy atom. The zero-order valence-electron chi connectivity index (χ0n) is 12.1. The summed E-state index contributed by atoms with van der Waals surface area (Å²) in [5, 5.41) is 5.57. The summed E-state index contributed by atoms with van der Waals surface area (Å²) in [4.78, 5) is 19.4. The lowest BCUT2D eigenvalue weighted by Crippen LogP contribution is -2.44. The minimum Gasteiger partial charge on any atom is -0.356 e. The lowest BCUT2D eigenvalue weighted by Gasteiger charge is -2.10. The van der Waals surface area contributed by atoms with Gasteiger partial charge in [-0.2, -0.15) is 0 Å². The number of carbonyl (C=O) groups is 1. The van der Waals surface area contributed by atoms with Crippen molar-refractivity contribution in [1.82, 2.24) is 15.6 Å². The highest BCUT2D eigenvalue weighted by molar-refractivity contribution is 5.95. The Bertz CT molecular complexity index is 459. The van der Waals surface area contributed by atoms with Gasteiger partial charge in [-0.1, -0.05) is 13.0 Å². The summed E-state index contributed by atoms with van der Waals surface area (Å²) < 4.78 is 0. The molecule has 0 saturated carbocycles. The SMILES string of the molecule is CCCN=C(NCCCc1ncccc1C)NC(N)=O. The van der Waals surface area contributed by atoms with E-state index in [1.165, 1.54) is 5.56 Å². The van der Waals surface area contributed by atoms with E-state index in [-0.39, 0.29) is 0 Å². The molecule has 0 aliphatic rings. The number of primary amides is 1. The van der Waals surface area contributed by atoms with Gasteiger partial charge in [-0.05, 0) is 37.8 Å². The zero-order valence-corrected chi connectivity index (χ0v) is 12.1. The minimum atomic E-state index is -0.604. The first kappa shape index (κ1) is 15.9. The van der Waals surface area contributed by atoms with E-state index in [9.17, 15) is 4.79 Å². The molecule has 2 amide bonds. The smallest absolute Gasteiger partial charge is 0.318 e. The molecule has 0 unspecified atom stereocenters. The number of carbonyl (C=O) groups excluding carboxylic acids is 1. The van der Waals surface area contributed by atoms with Crippen LogP contribution in [-0.4, -0.2) is 30.1 Å². The van der Waals surface area contributed by atoms with Crippen molar-refractivity contribution >= 4 is 12.0 Å². The van der Waals surface area contributed by atoms with E-state index in [1.54, 1.807) is 6.20 Å². The summed E-state index contributed by atoms with van der Waals surface area (Å²) >= 11 is 0. The summed E-state index contributed by atoms with van der Waals surface area (Å²) in [5.41, 5.74) is 7.40. The molecule has 0 bridgehead atoms. The number of aliphatic imine (C=N–C) groups is 1. The number of nitrogens with zero attached hydrogens (tertiary/aromatic N) is 2. The molecule has 0 aromatic carbocycles. The van der Waals surface area contributed by atoms with E-state index < -0.39 is 6.03 Å². The Morgan fingerprint density at radius 2 is 2.30 bits per heavy atom. The van der Waals surface area contributed by atoms with Gasteiger partial charge in [-0.25, -0.2) is 4.79 Å². The van der Waals surface area contributed by atoms with Crippen LogP contribution in [0.1, 0.15) is 31.0 Å². The number of nitrogens with two attached hydrogens (primary N) is 1. The van der Waals surface area contributed by atoms with Crippen molar-refractivity contribution < 1.29 is 4.79 Å². The Labute approximate surface area is 119 Å². The molecule has 6 nitrogen and oxygen atoms in total. The second-order valence-electron chi connectivity index (χ2n) is 4.52. The van der Waals surface area contributed by atoms with Gasteiger partial charge in [-0.3, -0.25) is 15.3 Å². The lowest BCUT2D eigenvalue weighted by atomic mass is 10.1. The molecule has 1 rings (SSSR count). The molecule has 1 heterocycles. The minimum absolute atomic E-state index is 0.442. The molecule has 4 N–H and O–H groups in total. The van der Waals surface area contributed by atoms with E-state index in [1.807, 2.05) is 13.0 Å². The van der Waals surface area contributed by atoms with Gasteiger partial charge in [0.1, 0.15) is 0 Å². The quantitative estimate of drug-likeness (QED) is 0.416. The predicted molar refractivity (Wildman–Crippen MR) is 80.6 cm³/mol. The molecule has 1 aromatic heterocycles. The molecule has 0 aliphatic carbocycles. The van der Waals surface area contributed by atoms with Crippen molar-refractivity contribution in [2.75, 3.05) is 13.1 Å². The Morgan fingerprint density at radius 1 is 1.50 bits per heavy atom. The summed E-state index contributed by atoms with van der Waals surface area (Å²) in [5.74, 6) is 0.442. The summed E-state index contributed by atoms with van der Waals surface area (Å²) in [6, 6.07) is 3.38. The number of rotatable bonds is 6. The highest BCUT2D eigenvalue weighted by Gasteiger charge is 2.02. The molecule has 0 aliphatic heterocycles. The van der Waals surface area contributed by atoms with Crippen LogP contribution < -0.4 is 16.4 Å². The van der Waals surface area contributed by atoms with Crippen molar-refractivity contribution in [1.29, 1.82) is 0 Å². The first-order chi connectivity index (χ1) is 9.63.